The van der Waals surface area contributed by atoms with Gasteiger partial charge in [0.05, 0.1) is 11.9 Å². The maximum atomic E-state index is 9.61. The minimum Gasteiger partial charge on any atom is -0.508 e. The second kappa shape index (κ2) is 7.25. The van der Waals surface area contributed by atoms with E-state index in [-0.39, 0.29) is 6.04 Å². The van der Waals surface area contributed by atoms with Gasteiger partial charge in [-0.15, -0.1) is 0 Å². The molecule has 0 saturated carbocycles. The zero-order valence-electron chi connectivity index (χ0n) is 15.6. The van der Waals surface area contributed by atoms with E-state index in [1.807, 2.05) is 23.0 Å². The van der Waals surface area contributed by atoms with Gasteiger partial charge in [0.1, 0.15) is 5.75 Å². The Morgan fingerprint density at radius 3 is 2.67 bits per heavy atom. The third-order valence-corrected chi connectivity index (χ3v) is 5.03. The molecule has 0 radical (unpaired) electrons. The van der Waals surface area contributed by atoms with Gasteiger partial charge in [0, 0.05) is 29.2 Å². The smallest absolute Gasteiger partial charge is 0.115 e. The van der Waals surface area contributed by atoms with Crippen LogP contribution in [0.25, 0.3) is 16.5 Å². The zero-order chi connectivity index (χ0) is 18.8. The van der Waals surface area contributed by atoms with E-state index in [4.69, 9.17) is 0 Å². The molecular weight excluding hydrogens is 334 g/mol. The molecule has 0 fully saturated rings. The summed E-state index contributed by atoms with van der Waals surface area (Å²) in [5.41, 5.74) is 4.45. The number of nitrogens with zero attached hydrogens (tertiary/aromatic N) is 2. The summed E-state index contributed by atoms with van der Waals surface area (Å²) in [6.45, 7) is 4.94. The van der Waals surface area contributed by atoms with Crippen molar-refractivity contribution in [2.45, 2.75) is 26.4 Å². The van der Waals surface area contributed by atoms with E-state index in [0.717, 1.165) is 16.9 Å². The second-order valence-corrected chi connectivity index (χ2v) is 6.87. The molecule has 4 aromatic rings. The molecule has 4 rings (SSSR count). The van der Waals surface area contributed by atoms with Crippen LogP contribution in [-0.4, -0.2) is 14.9 Å². The van der Waals surface area contributed by atoms with E-state index >= 15 is 0 Å². The molecule has 2 N–H and O–H groups in total. The lowest BCUT2D eigenvalue weighted by Gasteiger charge is -2.15. The molecule has 1 aromatic heterocycles. The van der Waals surface area contributed by atoms with Gasteiger partial charge in [-0.1, -0.05) is 48.5 Å². The average molecular weight is 357 g/mol. The standard InChI is InChI=1S/C23H23N3O/c1-16(24-14-18-7-5-10-20(27)13-18)22-15-25-26(17(22)2)23-12-6-9-19-8-3-4-11-21(19)23/h3-13,15-16,24,27H,14H2,1-2H3/t16-/m0/s1. The van der Waals surface area contributed by atoms with Gasteiger partial charge < -0.3 is 10.4 Å². The average Bonchev–Trinajstić information content (AvgIpc) is 3.07. The van der Waals surface area contributed by atoms with Crippen LogP contribution in [-0.2, 0) is 6.54 Å². The minimum atomic E-state index is 0.149. The number of hydrogen-bond donors (Lipinski definition) is 2. The summed E-state index contributed by atoms with van der Waals surface area (Å²) >= 11 is 0. The first-order valence-corrected chi connectivity index (χ1v) is 9.17. The number of fused-ring (bicyclic) bond motifs is 1. The van der Waals surface area contributed by atoms with Crippen LogP contribution < -0.4 is 5.32 Å². The van der Waals surface area contributed by atoms with E-state index in [9.17, 15) is 5.11 Å². The van der Waals surface area contributed by atoms with Crippen LogP contribution in [0.1, 0.15) is 29.8 Å². The molecule has 1 heterocycles. The third-order valence-electron chi connectivity index (χ3n) is 5.03. The molecule has 1 atom stereocenters. The quantitative estimate of drug-likeness (QED) is 0.535. The van der Waals surface area contributed by atoms with Crippen molar-refractivity contribution in [2.24, 2.45) is 0 Å². The largest absolute Gasteiger partial charge is 0.508 e. The van der Waals surface area contributed by atoms with Crippen molar-refractivity contribution in [2.75, 3.05) is 0 Å². The minimum absolute atomic E-state index is 0.149. The highest BCUT2D eigenvalue weighted by Gasteiger charge is 2.15. The van der Waals surface area contributed by atoms with E-state index in [0.29, 0.717) is 12.3 Å². The summed E-state index contributed by atoms with van der Waals surface area (Å²) in [5.74, 6) is 0.293. The fourth-order valence-corrected chi connectivity index (χ4v) is 3.53. The highest BCUT2D eigenvalue weighted by molar-refractivity contribution is 5.90. The molecule has 4 heteroatoms. The molecule has 27 heavy (non-hydrogen) atoms. The van der Waals surface area contributed by atoms with Crippen LogP contribution in [0.4, 0.5) is 0 Å². The van der Waals surface area contributed by atoms with Crippen LogP contribution in [0.3, 0.4) is 0 Å². The van der Waals surface area contributed by atoms with Gasteiger partial charge in [0.2, 0.25) is 0 Å². The molecule has 0 unspecified atom stereocenters. The van der Waals surface area contributed by atoms with Gasteiger partial charge in [-0.25, -0.2) is 4.68 Å². The summed E-state index contributed by atoms with van der Waals surface area (Å²) < 4.78 is 2.02. The van der Waals surface area contributed by atoms with E-state index < -0.39 is 0 Å². The topological polar surface area (TPSA) is 50.1 Å². The fourth-order valence-electron chi connectivity index (χ4n) is 3.53. The van der Waals surface area contributed by atoms with Crippen LogP contribution in [0.15, 0.2) is 72.9 Å². The molecule has 0 aliphatic rings. The number of aromatic nitrogens is 2. The number of benzene rings is 3. The molecule has 0 bridgehead atoms. The van der Waals surface area contributed by atoms with Gasteiger partial charge in [0.25, 0.3) is 0 Å². The third kappa shape index (κ3) is 3.44. The lowest BCUT2D eigenvalue weighted by atomic mass is 10.1. The summed E-state index contributed by atoms with van der Waals surface area (Å²) in [6.07, 6.45) is 1.94. The Labute approximate surface area is 159 Å². The van der Waals surface area contributed by atoms with Crippen molar-refractivity contribution in [1.82, 2.24) is 15.1 Å². The summed E-state index contributed by atoms with van der Waals surface area (Å²) in [4.78, 5) is 0. The SMILES string of the molecule is Cc1c([C@H](C)NCc2cccc(O)c2)cnn1-c1cccc2ccccc12. The number of phenolic OH excluding ortho intramolecular Hbond substituents is 1. The zero-order valence-corrected chi connectivity index (χ0v) is 15.6. The molecule has 3 aromatic carbocycles. The van der Waals surface area contributed by atoms with Gasteiger partial charge in [-0.2, -0.15) is 5.10 Å². The van der Waals surface area contributed by atoms with Crippen LogP contribution >= 0.6 is 0 Å². The highest BCUT2D eigenvalue weighted by Crippen LogP contribution is 2.26. The van der Waals surface area contributed by atoms with E-state index in [1.54, 1.807) is 12.1 Å². The Morgan fingerprint density at radius 2 is 1.81 bits per heavy atom. The lowest BCUT2D eigenvalue weighted by Crippen LogP contribution is -2.18. The Balaban J connectivity index is 1.60. The molecule has 0 aliphatic carbocycles. The van der Waals surface area contributed by atoms with Gasteiger partial charge in [-0.3, -0.25) is 0 Å². The number of phenols is 1. The molecule has 4 nitrogen and oxygen atoms in total. The molecule has 0 amide bonds. The number of nitrogens with one attached hydrogen (secondary N) is 1. The predicted molar refractivity (Wildman–Crippen MR) is 109 cm³/mol. The molecule has 0 saturated heterocycles. The van der Waals surface area contributed by atoms with Crippen molar-refractivity contribution in [1.29, 1.82) is 0 Å². The first kappa shape index (κ1) is 17.3. The van der Waals surface area contributed by atoms with Crippen molar-refractivity contribution >= 4 is 10.8 Å². The first-order chi connectivity index (χ1) is 13.1. The second-order valence-electron chi connectivity index (χ2n) is 6.87. The number of hydrogen-bond acceptors (Lipinski definition) is 3. The molecular formula is C23H23N3O. The van der Waals surface area contributed by atoms with Gasteiger partial charge in [0.15, 0.2) is 0 Å². The van der Waals surface area contributed by atoms with E-state index in [1.165, 1.54) is 16.3 Å². The number of rotatable bonds is 5. The van der Waals surface area contributed by atoms with Gasteiger partial charge in [-0.05, 0) is 43.0 Å². The normalized spacial score (nSPS) is 12.4. The van der Waals surface area contributed by atoms with Crippen molar-refractivity contribution in [3.05, 3.63) is 89.7 Å². The summed E-state index contributed by atoms with van der Waals surface area (Å²) in [5, 5.41) is 20.2. The van der Waals surface area contributed by atoms with E-state index in [2.05, 4.69) is 66.7 Å². The predicted octanol–water partition coefficient (Wildman–Crippen LogP) is 4.89. The van der Waals surface area contributed by atoms with Crippen molar-refractivity contribution < 1.29 is 5.11 Å². The first-order valence-electron chi connectivity index (χ1n) is 9.17. The van der Waals surface area contributed by atoms with Gasteiger partial charge >= 0.3 is 0 Å². The van der Waals surface area contributed by atoms with Crippen molar-refractivity contribution in [3.63, 3.8) is 0 Å². The Bertz CT molecular complexity index is 1080. The van der Waals surface area contributed by atoms with Crippen LogP contribution in [0.5, 0.6) is 5.75 Å². The van der Waals surface area contributed by atoms with Crippen molar-refractivity contribution in [3.8, 4) is 11.4 Å². The van der Waals surface area contributed by atoms with Crippen LogP contribution in [0, 0.1) is 6.92 Å². The molecule has 136 valence electrons. The Kier molecular flexibility index (Phi) is 4.65. The summed E-state index contributed by atoms with van der Waals surface area (Å²) in [7, 11) is 0. The fraction of sp³-hybridized carbons (Fsp3) is 0.174. The highest BCUT2D eigenvalue weighted by atomic mass is 16.3. The Morgan fingerprint density at radius 1 is 1.04 bits per heavy atom. The number of aromatic hydroxyl groups is 1. The van der Waals surface area contributed by atoms with Crippen LogP contribution in [0.2, 0.25) is 0 Å². The molecule has 0 aliphatic heterocycles. The maximum absolute atomic E-state index is 9.61. The molecule has 0 spiro atoms. The maximum Gasteiger partial charge on any atom is 0.115 e. The lowest BCUT2D eigenvalue weighted by molar-refractivity contribution is 0.473. The summed E-state index contributed by atoms with van der Waals surface area (Å²) in [6, 6.07) is 22.2. The monoisotopic (exact) mass is 357 g/mol. The Hall–Kier alpha value is -3.11.